The highest BCUT2D eigenvalue weighted by molar-refractivity contribution is 7.07. The highest BCUT2D eigenvalue weighted by Gasteiger charge is 2.34. The Hall–Kier alpha value is -3.78. The van der Waals surface area contributed by atoms with E-state index in [1.165, 1.54) is 23.8 Å². The Morgan fingerprint density at radius 2 is 1.82 bits per heavy atom. The number of para-hydroxylation sites is 1. The van der Waals surface area contributed by atoms with Crippen LogP contribution in [0.3, 0.4) is 0 Å². The van der Waals surface area contributed by atoms with Gasteiger partial charge in [0.25, 0.3) is 5.56 Å². The number of nitrogens with zero attached hydrogens (tertiary/aromatic N) is 2. The van der Waals surface area contributed by atoms with Crippen molar-refractivity contribution >= 4 is 29.4 Å². The Morgan fingerprint density at radius 1 is 1.11 bits per heavy atom. The Bertz CT molecular complexity index is 1560. The number of allylic oxidation sites excluding steroid dienone is 1. The number of carbonyl (C=O) groups excluding carboxylic acids is 2. The van der Waals surface area contributed by atoms with Crippen molar-refractivity contribution < 1.29 is 19.1 Å². The number of thiazole rings is 1. The van der Waals surface area contributed by atoms with Crippen LogP contribution in [0.1, 0.15) is 76.1 Å². The molecule has 0 spiro atoms. The van der Waals surface area contributed by atoms with Gasteiger partial charge in [-0.3, -0.25) is 14.2 Å². The first-order valence-corrected chi connectivity index (χ1v) is 13.7. The van der Waals surface area contributed by atoms with E-state index in [4.69, 9.17) is 14.5 Å². The predicted molar refractivity (Wildman–Crippen MR) is 148 cm³/mol. The number of aromatic nitrogens is 1. The fraction of sp³-hybridized carbons (Fsp3) is 0.333. The molecule has 0 radical (unpaired) electrons. The molecule has 0 N–H and O–H groups in total. The molecule has 0 fully saturated rings. The first kappa shape index (κ1) is 27.3. The van der Waals surface area contributed by atoms with Gasteiger partial charge in [0.1, 0.15) is 5.75 Å². The summed E-state index contributed by atoms with van der Waals surface area (Å²) in [5.74, 6) is -0.197. The van der Waals surface area contributed by atoms with Crippen molar-refractivity contribution in [1.29, 1.82) is 0 Å². The molecule has 4 rings (SSSR count). The molecule has 2 aromatic carbocycles. The lowest BCUT2D eigenvalue weighted by Gasteiger charge is -2.26. The van der Waals surface area contributed by atoms with Gasteiger partial charge in [0.05, 0.1) is 28.5 Å². The van der Waals surface area contributed by atoms with Gasteiger partial charge in [-0.2, -0.15) is 0 Å². The van der Waals surface area contributed by atoms with Crippen molar-refractivity contribution in [3.63, 3.8) is 0 Å². The van der Waals surface area contributed by atoms with Gasteiger partial charge in [0, 0.05) is 12.5 Å². The van der Waals surface area contributed by atoms with Crippen LogP contribution < -0.4 is 19.6 Å². The second-order valence-electron chi connectivity index (χ2n) is 9.37. The predicted octanol–water partition coefficient (Wildman–Crippen LogP) is 4.63. The third kappa shape index (κ3) is 5.55. The van der Waals surface area contributed by atoms with Gasteiger partial charge in [-0.25, -0.2) is 9.79 Å². The molecule has 1 aromatic heterocycles. The number of ether oxygens (including phenoxy) is 2. The highest BCUT2D eigenvalue weighted by Crippen LogP contribution is 2.33. The van der Waals surface area contributed by atoms with Crippen LogP contribution in [-0.4, -0.2) is 23.1 Å². The molecule has 0 bridgehead atoms. The van der Waals surface area contributed by atoms with E-state index in [1.807, 2.05) is 37.3 Å². The average molecular weight is 533 g/mol. The summed E-state index contributed by atoms with van der Waals surface area (Å²) in [6, 6.07) is 14.4. The van der Waals surface area contributed by atoms with Crippen molar-refractivity contribution in [2.75, 3.05) is 6.61 Å². The second kappa shape index (κ2) is 11.7. The first-order valence-electron chi connectivity index (χ1n) is 12.8. The van der Waals surface area contributed by atoms with E-state index in [1.54, 1.807) is 35.8 Å². The summed E-state index contributed by atoms with van der Waals surface area (Å²) >= 11 is 1.25. The molecule has 0 aliphatic carbocycles. The summed E-state index contributed by atoms with van der Waals surface area (Å²) in [6.45, 7) is 9.59. The number of fused-ring (bicyclic) bond motifs is 1. The molecule has 3 aromatic rings. The molecular formula is C30H32N2O5S. The van der Waals surface area contributed by atoms with Gasteiger partial charge >= 0.3 is 11.9 Å². The topological polar surface area (TPSA) is 87.0 Å². The number of benzene rings is 2. The molecule has 0 saturated carbocycles. The maximum atomic E-state index is 13.9. The number of hydrogen-bond donors (Lipinski definition) is 0. The molecule has 1 aliphatic rings. The lowest BCUT2D eigenvalue weighted by molar-refractivity contribution is -0.139. The third-order valence-corrected chi connectivity index (χ3v) is 7.25. The minimum absolute atomic E-state index is 0.220. The van der Waals surface area contributed by atoms with Crippen molar-refractivity contribution in [1.82, 2.24) is 4.57 Å². The van der Waals surface area contributed by atoms with E-state index in [0.29, 0.717) is 44.3 Å². The Labute approximate surface area is 225 Å². The van der Waals surface area contributed by atoms with Crippen LogP contribution in [0.15, 0.2) is 69.6 Å². The quantitative estimate of drug-likeness (QED) is 0.312. The Kier molecular flexibility index (Phi) is 8.42. The van der Waals surface area contributed by atoms with Crippen molar-refractivity contribution in [3.05, 3.63) is 96.2 Å². The lowest BCUT2D eigenvalue weighted by atomic mass is 9.92. The van der Waals surface area contributed by atoms with Crippen molar-refractivity contribution in [2.45, 2.75) is 59.4 Å². The molecule has 8 heteroatoms. The summed E-state index contributed by atoms with van der Waals surface area (Å²) in [5, 5.41) is 0. The van der Waals surface area contributed by atoms with E-state index in [2.05, 4.69) is 13.8 Å². The largest absolute Gasteiger partial charge is 0.463 e. The molecule has 1 atom stereocenters. The van der Waals surface area contributed by atoms with Gasteiger partial charge in [0.15, 0.2) is 4.80 Å². The number of hydrogen-bond acceptors (Lipinski definition) is 7. The molecule has 0 unspecified atom stereocenters. The molecule has 2 heterocycles. The minimum Gasteiger partial charge on any atom is -0.463 e. The van der Waals surface area contributed by atoms with Crippen LogP contribution in [0.25, 0.3) is 6.08 Å². The minimum atomic E-state index is -0.668. The third-order valence-electron chi connectivity index (χ3n) is 6.27. The average Bonchev–Trinajstić information content (AvgIpc) is 3.19. The SMILES string of the molecule is CCCC1=C(C(=O)OCC)[C@@H](c2ccc(C(C)C)cc2)n2c(s/c(=C\c3ccccc3OC(C)=O)c2=O)=N1. The smallest absolute Gasteiger partial charge is 0.338 e. The van der Waals surface area contributed by atoms with Gasteiger partial charge in [-0.05, 0) is 42.5 Å². The summed E-state index contributed by atoms with van der Waals surface area (Å²) < 4.78 is 12.8. The number of esters is 2. The monoisotopic (exact) mass is 532 g/mol. The standard InChI is InChI=1S/C30H32N2O5S/c1-6-10-23-26(29(35)36-7-2)27(21-15-13-20(14-16-21)18(3)4)32-28(34)25(38-30(32)31-23)17-22-11-8-9-12-24(22)37-19(5)33/h8-9,11-18,27H,6-7,10H2,1-5H3/b25-17-/t27-/m1/s1. The molecule has 38 heavy (non-hydrogen) atoms. The van der Waals surface area contributed by atoms with Crippen LogP contribution in [0, 0.1) is 0 Å². The maximum absolute atomic E-state index is 13.9. The van der Waals surface area contributed by atoms with E-state index in [-0.39, 0.29) is 12.2 Å². The van der Waals surface area contributed by atoms with Crippen LogP contribution in [0.2, 0.25) is 0 Å². The van der Waals surface area contributed by atoms with E-state index < -0.39 is 18.0 Å². The summed E-state index contributed by atoms with van der Waals surface area (Å²) in [5.41, 5.74) is 3.33. The van der Waals surface area contributed by atoms with Crippen molar-refractivity contribution in [3.8, 4) is 5.75 Å². The van der Waals surface area contributed by atoms with Gasteiger partial charge < -0.3 is 9.47 Å². The second-order valence-corrected chi connectivity index (χ2v) is 10.4. The molecule has 198 valence electrons. The van der Waals surface area contributed by atoms with Crippen LogP contribution >= 0.6 is 11.3 Å². The fourth-order valence-corrected chi connectivity index (χ4v) is 5.50. The van der Waals surface area contributed by atoms with E-state index >= 15 is 0 Å². The maximum Gasteiger partial charge on any atom is 0.338 e. The zero-order chi connectivity index (χ0) is 27.4. The van der Waals surface area contributed by atoms with Crippen LogP contribution in [-0.2, 0) is 14.3 Å². The summed E-state index contributed by atoms with van der Waals surface area (Å²) in [7, 11) is 0. The van der Waals surface area contributed by atoms with E-state index in [9.17, 15) is 14.4 Å². The number of rotatable bonds is 8. The normalized spacial score (nSPS) is 15.3. The zero-order valence-electron chi connectivity index (χ0n) is 22.3. The van der Waals surface area contributed by atoms with Crippen LogP contribution in [0.5, 0.6) is 5.75 Å². The summed E-state index contributed by atoms with van der Waals surface area (Å²) in [6.07, 6.45) is 3.06. The van der Waals surface area contributed by atoms with Gasteiger partial charge in [-0.1, -0.05) is 81.0 Å². The summed E-state index contributed by atoms with van der Waals surface area (Å²) in [4.78, 5) is 44.1. The fourth-order valence-electron chi connectivity index (χ4n) is 4.49. The highest BCUT2D eigenvalue weighted by atomic mass is 32.1. The zero-order valence-corrected chi connectivity index (χ0v) is 23.1. The van der Waals surface area contributed by atoms with Crippen LogP contribution in [0.4, 0.5) is 0 Å². The lowest BCUT2D eigenvalue weighted by Crippen LogP contribution is -2.40. The molecule has 1 aliphatic heterocycles. The first-order chi connectivity index (χ1) is 18.2. The number of carbonyl (C=O) groups is 2. The molecule has 0 amide bonds. The van der Waals surface area contributed by atoms with E-state index in [0.717, 1.165) is 12.0 Å². The molecule has 0 saturated heterocycles. The Morgan fingerprint density at radius 3 is 2.45 bits per heavy atom. The molecular weight excluding hydrogens is 500 g/mol. The van der Waals surface area contributed by atoms with Crippen molar-refractivity contribution in [2.24, 2.45) is 4.99 Å². The Balaban J connectivity index is 1.97. The van der Waals surface area contributed by atoms with Gasteiger partial charge in [0.2, 0.25) is 0 Å². The molecule has 7 nitrogen and oxygen atoms in total. The van der Waals surface area contributed by atoms with Gasteiger partial charge in [-0.15, -0.1) is 0 Å².